The van der Waals surface area contributed by atoms with Gasteiger partial charge in [-0.05, 0) is 82.8 Å². The number of phenolic OH excluding ortho intramolecular Hbond substituents is 1. The molecule has 0 saturated heterocycles. The van der Waals surface area contributed by atoms with Gasteiger partial charge in [-0.3, -0.25) is 14.4 Å². The van der Waals surface area contributed by atoms with Crippen molar-refractivity contribution in [1.29, 1.82) is 0 Å². The topological polar surface area (TPSA) is 195 Å². The summed E-state index contributed by atoms with van der Waals surface area (Å²) in [4.78, 5) is 42.0. The summed E-state index contributed by atoms with van der Waals surface area (Å²) in [5.74, 6) is -1.88. The number of H-pyrrole nitrogens is 1. The fraction of sp³-hybridized carbons (Fsp3) is 0.380. The highest BCUT2D eigenvalue weighted by Gasteiger charge is 2.53. The maximum Gasteiger partial charge on any atom is 0.586 e. The summed E-state index contributed by atoms with van der Waals surface area (Å²) in [5, 5.41) is 46.3. The molecule has 1 saturated carbocycles. The highest BCUT2D eigenvalue weighted by atomic mass is 19.3. The fourth-order valence-corrected chi connectivity index (χ4v) is 8.19. The number of aromatic nitrogens is 2. The lowest BCUT2D eigenvalue weighted by atomic mass is 9.79. The Morgan fingerprint density at radius 1 is 0.848 bits per heavy atom. The minimum atomic E-state index is -3.77. The maximum absolute atomic E-state index is 15.2. The molecule has 3 heterocycles. The van der Waals surface area contributed by atoms with E-state index in [2.05, 4.69) is 25.1 Å². The van der Waals surface area contributed by atoms with Crippen LogP contribution in [0.15, 0.2) is 83.8 Å². The van der Waals surface area contributed by atoms with Crippen LogP contribution in [0.1, 0.15) is 101 Å². The quantitative estimate of drug-likeness (QED) is 0.0706. The smallest absolute Gasteiger partial charge is 0.508 e. The van der Waals surface area contributed by atoms with Gasteiger partial charge in [-0.1, -0.05) is 73.6 Å². The van der Waals surface area contributed by atoms with E-state index in [0.717, 1.165) is 11.1 Å². The van der Waals surface area contributed by atoms with E-state index >= 15 is 4.39 Å². The molecule has 4 aromatic carbocycles. The number of anilines is 2. The number of fused-ring (bicyclic) bond motifs is 3. The van der Waals surface area contributed by atoms with Crippen molar-refractivity contribution in [2.45, 2.75) is 109 Å². The van der Waals surface area contributed by atoms with Crippen LogP contribution in [0.3, 0.4) is 0 Å². The van der Waals surface area contributed by atoms with Gasteiger partial charge in [-0.25, -0.2) is 4.39 Å². The largest absolute Gasteiger partial charge is 0.586 e. The van der Waals surface area contributed by atoms with Crippen LogP contribution in [0, 0.1) is 5.82 Å². The second kappa shape index (κ2) is 17.1. The van der Waals surface area contributed by atoms with Crippen LogP contribution in [0.2, 0.25) is 0 Å². The first-order valence-corrected chi connectivity index (χ1v) is 21.5. The summed E-state index contributed by atoms with van der Waals surface area (Å²) >= 11 is 0. The number of amides is 2. The average molecular weight is 913 g/mol. The zero-order chi connectivity index (χ0) is 48.3. The Bertz CT molecular complexity index is 2920. The number of hydrogen-bond acceptors (Lipinski definition) is 9. The van der Waals surface area contributed by atoms with Crippen LogP contribution in [0.25, 0.3) is 21.8 Å². The molecule has 2 aliphatic rings. The predicted octanol–water partition coefficient (Wildman–Crippen LogP) is 8.48. The minimum absolute atomic E-state index is 0.0177. The molecule has 6 aromatic rings. The number of para-hydroxylation sites is 1. The Balaban J connectivity index is 0.000000203. The number of halogens is 3. The van der Waals surface area contributed by atoms with Crippen molar-refractivity contribution in [2.75, 3.05) is 23.8 Å². The van der Waals surface area contributed by atoms with Crippen LogP contribution >= 0.6 is 0 Å². The summed E-state index contributed by atoms with van der Waals surface area (Å²) in [6, 6.07) is 19.2. The van der Waals surface area contributed by atoms with E-state index in [-0.39, 0.29) is 57.9 Å². The zero-order valence-electron chi connectivity index (χ0n) is 38.0. The van der Waals surface area contributed by atoms with Gasteiger partial charge in [0, 0.05) is 51.4 Å². The van der Waals surface area contributed by atoms with Crippen molar-refractivity contribution >= 4 is 45.0 Å². The van der Waals surface area contributed by atoms with Crippen molar-refractivity contribution in [1.82, 2.24) is 9.55 Å². The van der Waals surface area contributed by atoms with E-state index < -0.39 is 47.5 Å². The first-order chi connectivity index (χ1) is 30.8. The van der Waals surface area contributed by atoms with Crippen molar-refractivity contribution in [3.05, 3.63) is 123 Å². The number of alkyl halides is 2. The first-order valence-electron chi connectivity index (χ1n) is 21.5. The second-order valence-corrected chi connectivity index (χ2v) is 19.7. The van der Waals surface area contributed by atoms with Crippen molar-refractivity contribution in [3.63, 3.8) is 0 Å². The number of carbonyl (C=O) groups excluding carboxylic acids is 2. The Kier molecular flexibility index (Phi) is 12.4. The molecule has 1 fully saturated rings. The summed E-state index contributed by atoms with van der Waals surface area (Å²) in [7, 11) is 0. The van der Waals surface area contributed by atoms with Gasteiger partial charge in [-0.15, -0.1) is 8.78 Å². The fourth-order valence-electron chi connectivity index (χ4n) is 8.19. The number of phenols is 1. The van der Waals surface area contributed by atoms with Crippen LogP contribution in [-0.2, 0) is 33.0 Å². The molecule has 2 amide bonds. The Hall–Kier alpha value is -6.36. The lowest BCUT2D eigenvalue weighted by Crippen LogP contribution is -2.29. The Morgan fingerprint density at radius 3 is 2.15 bits per heavy atom. The number of nitrogens with one attached hydrogen (secondary N) is 3. The van der Waals surface area contributed by atoms with Gasteiger partial charge in [0.05, 0.1) is 42.5 Å². The molecule has 66 heavy (non-hydrogen) atoms. The molecule has 1 aliphatic carbocycles. The molecule has 1 atom stereocenters. The van der Waals surface area contributed by atoms with Crippen molar-refractivity contribution < 1.29 is 52.7 Å². The number of benzene rings is 4. The first kappa shape index (κ1) is 47.6. The number of carbonyl (C=O) groups is 2. The molecule has 7 N–H and O–H groups in total. The second-order valence-electron chi connectivity index (χ2n) is 19.7. The average Bonchev–Trinajstić information content (AvgIpc) is 3.89. The Morgan fingerprint density at radius 2 is 1.52 bits per heavy atom. The van der Waals surface area contributed by atoms with E-state index in [1.807, 2.05) is 53.7 Å². The van der Waals surface area contributed by atoms with Gasteiger partial charge >= 0.3 is 6.29 Å². The molecule has 0 bridgehead atoms. The molecule has 0 spiro atoms. The Labute approximate surface area is 379 Å². The van der Waals surface area contributed by atoms with Gasteiger partial charge < -0.3 is 50.1 Å². The third-order valence-corrected chi connectivity index (χ3v) is 12.1. The van der Waals surface area contributed by atoms with E-state index in [9.17, 15) is 43.6 Å². The molecule has 16 heteroatoms. The third kappa shape index (κ3) is 9.35. The number of aliphatic hydroxyl groups is 3. The van der Waals surface area contributed by atoms with Crippen LogP contribution in [-0.4, -0.2) is 67.4 Å². The summed E-state index contributed by atoms with van der Waals surface area (Å²) in [6.45, 7) is 15.1. The molecule has 350 valence electrons. The van der Waals surface area contributed by atoms with Gasteiger partial charge in [0.1, 0.15) is 17.1 Å². The SMILES string of the molecule is CC(C)(C)c1cc(C(C)(C)C)c(NC(=O)c2c[nH]c3ccccc3c2=O)cc1O.CC(C)(CO)c1cc2cc(NC(=O)C3(c4ccc5c(c4)OC(F)(F)O5)CC3)c(F)cc2n1CC(O)CO. The molecular formula is C50H55F3N4O9. The molecule has 2 aromatic heterocycles. The molecule has 13 nitrogen and oxygen atoms in total. The predicted molar refractivity (Wildman–Crippen MR) is 245 cm³/mol. The number of pyridine rings is 1. The summed E-state index contributed by atoms with van der Waals surface area (Å²) in [6.07, 6.45) is -2.54. The lowest BCUT2D eigenvalue weighted by molar-refractivity contribution is -0.286. The van der Waals surface area contributed by atoms with Gasteiger partial charge in [0.15, 0.2) is 11.5 Å². The third-order valence-electron chi connectivity index (χ3n) is 12.1. The number of ether oxygens (including phenoxy) is 2. The standard InChI is InChI=1S/C26H27F3N2O6.C24H28N2O3/c1-24(2,13-33)22-8-14-7-18(17(27)10-19(14)31(22)11-16(34)12-32)30-23(35)25(5-6-25)15-3-4-20-21(9-15)37-26(28,29)36-20;1-23(2,3)16-11-17(24(4,5)6)20(27)12-19(16)26-22(29)15-13-25-18-10-8-7-9-14(18)21(15)28/h3-4,7-10,16,32-34H,5-6,11-13H2,1-2H3,(H,30,35);7-13,27H,1-6H3,(H,25,28)(H,26,29). The summed E-state index contributed by atoms with van der Waals surface area (Å²) in [5.41, 5.74) is 1.76. The minimum Gasteiger partial charge on any atom is -0.508 e. The van der Waals surface area contributed by atoms with E-state index in [1.165, 1.54) is 36.5 Å². The molecule has 0 radical (unpaired) electrons. The normalized spacial score (nSPS) is 15.5. The van der Waals surface area contributed by atoms with Crippen LogP contribution < -0.4 is 25.5 Å². The van der Waals surface area contributed by atoms with Crippen LogP contribution in [0.5, 0.6) is 17.2 Å². The number of aromatic hydroxyl groups is 1. The molecule has 1 aliphatic heterocycles. The van der Waals surface area contributed by atoms with E-state index in [4.69, 9.17) is 0 Å². The summed E-state index contributed by atoms with van der Waals surface area (Å²) < 4.78 is 52.6. The van der Waals surface area contributed by atoms with Crippen LogP contribution in [0.4, 0.5) is 24.5 Å². The maximum atomic E-state index is 15.2. The van der Waals surface area contributed by atoms with Crippen molar-refractivity contribution in [3.8, 4) is 17.2 Å². The number of aliphatic hydroxyl groups excluding tert-OH is 3. The van der Waals surface area contributed by atoms with E-state index in [0.29, 0.717) is 51.6 Å². The lowest BCUT2D eigenvalue weighted by Gasteiger charge is -2.28. The highest BCUT2D eigenvalue weighted by molar-refractivity contribution is 6.06. The molecular weight excluding hydrogens is 858 g/mol. The number of aromatic amines is 1. The molecule has 1 unspecified atom stereocenters. The number of hydrogen-bond donors (Lipinski definition) is 7. The zero-order valence-corrected chi connectivity index (χ0v) is 38.0. The number of nitrogens with zero attached hydrogens (tertiary/aromatic N) is 1. The van der Waals surface area contributed by atoms with Gasteiger partial charge in [0.25, 0.3) is 5.91 Å². The highest BCUT2D eigenvalue weighted by Crippen LogP contribution is 2.52. The monoisotopic (exact) mass is 912 g/mol. The van der Waals surface area contributed by atoms with Gasteiger partial charge in [-0.2, -0.15) is 0 Å². The van der Waals surface area contributed by atoms with Crippen molar-refractivity contribution in [2.24, 2.45) is 0 Å². The molecule has 8 rings (SSSR count). The number of rotatable bonds is 10. The van der Waals surface area contributed by atoms with Gasteiger partial charge in [0.2, 0.25) is 11.3 Å². The van der Waals surface area contributed by atoms with E-state index in [1.54, 1.807) is 48.7 Å².